The summed E-state index contributed by atoms with van der Waals surface area (Å²) in [6, 6.07) is 18.5. The molecule has 2 heteroatoms. The smallest absolute Gasteiger partial charge is 0.0849 e. The van der Waals surface area contributed by atoms with Gasteiger partial charge in [0.2, 0.25) is 0 Å². The van der Waals surface area contributed by atoms with Gasteiger partial charge < -0.3 is 5.11 Å². The van der Waals surface area contributed by atoms with Gasteiger partial charge in [0.25, 0.3) is 0 Å². The van der Waals surface area contributed by atoms with E-state index in [2.05, 4.69) is 49.4 Å². The summed E-state index contributed by atoms with van der Waals surface area (Å²) >= 11 is 1.64. The maximum atomic E-state index is 10.2. The molecular weight excluding hydrogens is 264 g/mol. The van der Waals surface area contributed by atoms with Gasteiger partial charge in [-0.3, -0.25) is 0 Å². The van der Waals surface area contributed by atoms with Crippen LogP contribution in [0.5, 0.6) is 0 Å². The van der Waals surface area contributed by atoms with Gasteiger partial charge >= 0.3 is 0 Å². The van der Waals surface area contributed by atoms with Crippen LogP contribution in [0.25, 0.3) is 6.08 Å². The maximum absolute atomic E-state index is 10.2. The number of aliphatic hydroxyl groups excluding tert-OH is 1. The Balaban J connectivity index is 2.24. The Bertz CT molecular complexity index is 558. The van der Waals surface area contributed by atoms with Crippen molar-refractivity contribution in [3.8, 4) is 0 Å². The number of rotatable bonds is 5. The molecule has 20 heavy (non-hydrogen) atoms. The lowest BCUT2D eigenvalue weighted by atomic mass is 10.1. The van der Waals surface area contributed by atoms with Crippen LogP contribution in [-0.2, 0) is 0 Å². The molecule has 0 aromatic heterocycles. The highest BCUT2D eigenvalue weighted by molar-refractivity contribution is 8.03. The van der Waals surface area contributed by atoms with Gasteiger partial charge in [-0.1, -0.05) is 66.7 Å². The van der Waals surface area contributed by atoms with E-state index in [1.807, 2.05) is 25.1 Å². The van der Waals surface area contributed by atoms with Crippen LogP contribution in [0.1, 0.15) is 24.5 Å². The van der Waals surface area contributed by atoms with Gasteiger partial charge in [-0.25, -0.2) is 0 Å². The SMILES string of the molecule is CC[C@@H](O)/C(=C\c1ccccc1)Sc1ccc(C)cc1. The van der Waals surface area contributed by atoms with E-state index in [1.165, 1.54) is 5.56 Å². The highest BCUT2D eigenvalue weighted by Gasteiger charge is 2.10. The average molecular weight is 284 g/mol. The van der Waals surface area contributed by atoms with Crippen LogP contribution in [0.15, 0.2) is 64.4 Å². The van der Waals surface area contributed by atoms with Gasteiger partial charge in [0, 0.05) is 9.80 Å². The van der Waals surface area contributed by atoms with Crippen LogP contribution in [0.4, 0.5) is 0 Å². The third-order valence-corrected chi connectivity index (χ3v) is 4.21. The summed E-state index contributed by atoms with van der Waals surface area (Å²) in [5.41, 5.74) is 2.37. The summed E-state index contributed by atoms with van der Waals surface area (Å²) < 4.78 is 0. The summed E-state index contributed by atoms with van der Waals surface area (Å²) in [6.45, 7) is 4.08. The Morgan fingerprint density at radius 2 is 1.75 bits per heavy atom. The molecule has 2 aromatic rings. The molecule has 0 aliphatic heterocycles. The van der Waals surface area contributed by atoms with Gasteiger partial charge in [-0.2, -0.15) is 0 Å². The topological polar surface area (TPSA) is 20.2 Å². The Kier molecular flexibility index (Phi) is 5.45. The molecule has 0 radical (unpaired) electrons. The fraction of sp³-hybridized carbons (Fsp3) is 0.222. The van der Waals surface area contributed by atoms with Crippen molar-refractivity contribution in [2.45, 2.75) is 31.3 Å². The van der Waals surface area contributed by atoms with Crippen LogP contribution in [0.3, 0.4) is 0 Å². The molecular formula is C18H20OS. The van der Waals surface area contributed by atoms with Crippen LogP contribution < -0.4 is 0 Å². The molecule has 0 fully saturated rings. The lowest BCUT2D eigenvalue weighted by Crippen LogP contribution is -2.05. The van der Waals surface area contributed by atoms with Crippen molar-refractivity contribution in [1.29, 1.82) is 0 Å². The molecule has 0 saturated carbocycles. The normalized spacial score (nSPS) is 13.2. The largest absolute Gasteiger partial charge is 0.388 e. The molecule has 0 saturated heterocycles. The molecule has 0 amide bonds. The minimum atomic E-state index is -0.415. The van der Waals surface area contributed by atoms with Gasteiger partial charge in [-0.05, 0) is 37.1 Å². The van der Waals surface area contributed by atoms with Gasteiger partial charge in [0.15, 0.2) is 0 Å². The van der Waals surface area contributed by atoms with Crippen LogP contribution >= 0.6 is 11.8 Å². The van der Waals surface area contributed by atoms with Crippen molar-refractivity contribution < 1.29 is 5.11 Å². The second kappa shape index (κ2) is 7.32. The summed E-state index contributed by atoms with van der Waals surface area (Å²) in [6.07, 6.45) is 2.37. The first-order chi connectivity index (χ1) is 9.69. The van der Waals surface area contributed by atoms with Crippen molar-refractivity contribution in [2.24, 2.45) is 0 Å². The zero-order valence-electron chi connectivity index (χ0n) is 11.9. The molecule has 2 aromatic carbocycles. The van der Waals surface area contributed by atoms with E-state index in [-0.39, 0.29) is 0 Å². The quantitative estimate of drug-likeness (QED) is 0.788. The average Bonchev–Trinajstić information content (AvgIpc) is 2.49. The van der Waals surface area contributed by atoms with E-state index < -0.39 is 6.10 Å². The fourth-order valence-electron chi connectivity index (χ4n) is 1.85. The minimum absolute atomic E-state index is 0.415. The fourth-order valence-corrected chi connectivity index (χ4v) is 2.89. The standard InChI is InChI=1S/C18H20OS/c1-3-17(19)18(13-15-7-5-4-6-8-15)20-16-11-9-14(2)10-12-16/h4-13,17,19H,3H2,1-2H3/b18-13+/t17-/m1/s1. The zero-order chi connectivity index (χ0) is 14.4. The first-order valence-corrected chi connectivity index (χ1v) is 7.70. The maximum Gasteiger partial charge on any atom is 0.0849 e. The lowest BCUT2D eigenvalue weighted by molar-refractivity contribution is 0.216. The number of aliphatic hydroxyl groups is 1. The van der Waals surface area contributed by atoms with Crippen LogP contribution in [-0.4, -0.2) is 11.2 Å². The summed E-state index contributed by atoms with van der Waals surface area (Å²) in [7, 11) is 0. The van der Waals surface area contributed by atoms with E-state index in [0.29, 0.717) is 0 Å². The van der Waals surface area contributed by atoms with Gasteiger partial charge in [0.1, 0.15) is 0 Å². The van der Waals surface area contributed by atoms with Crippen molar-refractivity contribution >= 4 is 17.8 Å². The van der Waals surface area contributed by atoms with Gasteiger partial charge in [-0.15, -0.1) is 0 Å². The minimum Gasteiger partial charge on any atom is -0.388 e. The molecule has 0 spiro atoms. The van der Waals surface area contributed by atoms with E-state index in [4.69, 9.17) is 0 Å². The molecule has 1 N–H and O–H groups in total. The molecule has 104 valence electrons. The third kappa shape index (κ3) is 4.26. The molecule has 2 rings (SSSR count). The number of aryl methyl sites for hydroxylation is 1. The van der Waals surface area contributed by atoms with Crippen molar-refractivity contribution in [3.63, 3.8) is 0 Å². The van der Waals surface area contributed by atoms with E-state index in [9.17, 15) is 5.11 Å². The molecule has 1 atom stereocenters. The second-order valence-electron chi connectivity index (χ2n) is 4.80. The first kappa shape index (κ1) is 14.9. The molecule has 0 bridgehead atoms. The highest BCUT2D eigenvalue weighted by atomic mass is 32.2. The monoisotopic (exact) mass is 284 g/mol. The summed E-state index contributed by atoms with van der Waals surface area (Å²) in [4.78, 5) is 2.15. The second-order valence-corrected chi connectivity index (χ2v) is 5.94. The number of hydrogen-bond acceptors (Lipinski definition) is 2. The molecule has 1 nitrogen and oxygen atoms in total. The predicted octanol–water partition coefficient (Wildman–Crippen LogP) is 4.90. The predicted molar refractivity (Wildman–Crippen MR) is 87.8 cm³/mol. The number of thioether (sulfide) groups is 1. The summed E-state index contributed by atoms with van der Waals surface area (Å²) in [5, 5.41) is 10.2. The number of hydrogen-bond donors (Lipinski definition) is 1. The van der Waals surface area contributed by atoms with E-state index >= 15 is 0 Å². The first-order valence-electron chi connectivity index (χ1n) is 6.88. The molecule has 0 unspecified atom stereocenters. The third-order valence-electron chi connectivity index (χ3n) is 3.08. The van der Waals surface area contributed by atoms with E-state index in [0.717, 1.165) is 21.8 Å². The summed E-state index contributed by atoms with van der Waals surface area (Å²) in [5.74, 6) is 0. The molecule has 0 aliphatic rings. The van der Waals surface area contributed by atoms with Crippen molar-refractivity contribution in [3.05, 3.63) is 70.6 Å². The van der Waals surface area contributed by atoms with Crippen LogP contribution in [0.2, 0.25) is 0 Å². The highest BCUT2D eigenvalue weighted by Crippen LogP contribution is 2.31. The van der Waals surface area contributed by atoms with Gasteiger partial charge in [0.05, 0.1) is 6.10 Å². The Morgan fingerprint density at radius 3 is 2.35 bits per heavy atom. The van der Waals surface area contributed by atoms with Crippen LogP contribution in [0, 0.1) is 6.92 Å². The Labute approximate surface area is 125 Å². The molecule has 0 aliphatic carbocycles. The van der Waals surface area contributed by atoms with E-state index in [1.54, 1.807) is 11.8 Å². The zero-order valence-corrected chi connectivity index (χ0v) is 12.7. The van der Waals surface area contributed by atoms with Crippen molar-refractivity contribution in [2.75, 3.05) is 0 Å². The van der Waals surface area contributed by atoms with Crippen molar-refractivity contribution in [1.82, 2.24) is 0 Å². The Morgan fingerprint density at radius 1 is 1.10 bits per heavy atom. The lowest BCUT2D eigenvalue weighted by Gasteiger charge is -2.13. The Hall–Kier alpha value is -1.51. The number of benzene rings is 2. The molecule has 0 heterocycles.